The number of benzene rings is 1. The molecule has 0 spiro atoms. The fraction of sp³-hybridized carbons (Fsp3) is 0.353. The van der Waals surface area contributed by atoms with Crippen molar-refractivity contribution in [1.29, 1.82) is 0 Å². The number of aryl methyl sites for hydroxylation is 1. The number of nitro groups is 1. The number of amides is 1. The Morgan fingerprint density at radius 1 is 1.24 bits per heavy atom. The van der Waals surface area contributed by atoms with Crippen LogP contribution in [0.25, 0.3) is 0 Å². The Hall–Kier alpha value is -2.87. The molecule has 0 saturated carbocycles. The Morgan fingerprint density at radius 2 is 1.96 bits per heavy atom. The summed E-state index contributed by atoms with van der Waals surface area (Å²) in [4.78, 5) is 26.5. The molecule has 1 N–H and O–H groups in total. The lowest BCUT2D eigenvalue weighted by Gasteiger charge is -2.34. The summed E-state index contributed by atoms with van der Waals surface area (Å²) in [5, 5.41) is 20.8. The maximum absolute atomic E-state index is 12.4. The van der Waals surface area contributed by atoms with E-state index >= 15 is 0 Å². The Labute approximate surface area is 144 Å². The van der Waals surface area contributed by atoms with Gasteiger partial charge in [0, 0.05) is 50.4 Å². The Bertz CT molecular complexity index is 793. The van der Waals surface area contributed by atoms with Gasteiger partial charge in [-0.15, -0.1) is 0 Å². The molecular weight excluding hydrogens is 326 g/mol. The molecule has 1 saturated heterocycles. The van der Waals surface area contributed by atoms with Gasteiger partial charge < -0.3 is 14.4 Å². The van der Waals surface area contributed by atoms with Crippen molar-refractivity contribution in [3.8, 4) is 5.75 Å². The maximum atomic E-state index is 12.4. The van der Waals surface area contributed by atoms with Crippen molar-refractivity contribution >= 4 is 11.6 Å². The molecule has 8 nitrogen and oxygen atoms in total. The molecular formula is C17H19N3O5. The number of aromatic hydroxyl groups is 1. The van der Waals surface area contributed by atoms with E-state index in [-0.39, 0.29) is 17.3 Å². The molecule has 8 heteroatoms. The average Bonchev–Trinajstić information content (AvgIpc) is 3.03. The monoisotopic (exact) mass is 345 g/mol. The lowest BCUT2D eigenvalue weighted by molar-refractivity contribution is -0.385. The van der Waals surface area contributed by atoms with Crippen LogP contribution < -0.4 is 0 Å². The molecule has 0 aliphatic carbocycles. The minimum atomic E-state index is -0.481. The Kier molecular flexibility index (Phi) is 4.71. The molecule has 3 rings (SSSR count). The fourth-order valence-electron chi connectivity index (χ4n) is 2.87. The third-order valence-electron chi connectivity index (χ3n) is 4.28. The number of piperazine rings is 1. The number of hydrogen-bond donors (Lipinski definition) is 1. The summed E-state index contributed by atoms with van der Waals surface area (Å²) in [6.07, 6.45) is 0. The molecule has 1 aromatic heterocycles. The first-order valence-electron chi connectivity index (χ1n) is 7.98. The first-order chi connectivity index (χ1) is 11.9. The topological polar surface area (TPSA) is 100 Å². The third kappa shape index (κ3) is 3.80. The van der Waals surface area contributed by atoms with Crippen LogP contribution in [-0.4, -0.2) is 51.9 Å². The quantitative estimate of drug-likeness (QED) is 0.673. The van der Waals surface area contributed by atoms with Crippen LogP contribution in [0, 0.1) is 17.0 Å². The van der Waals surface area contributed by atoms with Gasteiger partial charge in [-0.2, -0.15) is 0 Å². The molecule has 0 radical (unpaired) electrons. The molecule has 0 unspecified atom stereocenters. The zero-order valence-corrected chi connectivity index (χ0v) is 13.8. The highest BCUT2D eigenvalue weighted by molar-refractivity contribution is 5.91. The van der Waals surface area contributed by atoms with Gasteiger partial charge in [-0.25, -0.2) is 0 Å². The highest BCUT2D eigenvalue weighted by atomic mass is 16.6. The van der Waals surface area contributed by atoms with E-state index in [0.717, 1.165) is 0 Å². The van der Waals surface area contributed by atoms with E-state index in [0.29, 0.717) is 49.8 Å². The molecule has 0 bridgehead atoms. The van der Waals surface area contributed by atoms with Crippen LogP contribution in [0.2, 0.25) is 0 Å². The van der Waals surface area contributed by atoms with Crippen LogP contribution in [-0.2, 0) is 6.54 Å². The molecule has 132 valence electrons. The highest BCUT2D eigenvalue weighted by Crippen LogP contribution is 2.24. The van der Waals surface area contributed by atoms with Crippen molar-refractivity contribution in [2.75, 3.05) is 26.2 Å². The number of carbonyl (C=O) groups excluding carboxylic acids is 1. The van der Waals surface area contributed by atoms with Gasteiger partial charge in [0.25, 0.3) is 11.6 Å². The Balaban J connectivity index is 1.60. The second-order valence-electron chi connectivity index (χ2n) is 6.05. The first-order valence-corrected chi connectivity index (χ1v) is 7.98. The van der Waals surface area contributed by atoms with Gasteiger partial charge in [0.1, 0.15) is 11.5 Å². The van der Waals surface area contributed by atoms with Gasteiger partial charge in [-0.1, -0.05) is 0 Å². The lowest BCUT2D eigenvalue weighted by Crippen LogP contribution is -2.48. The van der Waals surface area contributed by atoms with E-state index in [2.05, 4.69) is 4.90 Å². The summed E-state index contributed by atoms with van der Waals surface area (Å²) in [7, 11) is 0. The van der Waals surface area contributed by atoms with Crippen molar-refractivity contribution in [1.82, 2.24) is 9.80 Å². The number of hydrogen-bond acceptors (Lipinski definition) is 6. The standard InChI is InChI=1S/C17H19N3O5/c1-12-2-5-16(25-12)17(22)19-8-6-18(7-9-19)11-13-10-14(20(23)24)3-4-15(13)21/h2-5,10,21H,6-9,11H2,1H3. The fourth-order valence-corrected chi connectivity index (χ4v) is 2.87. The van der Waals surface area contributed by atoms with Crippen molar-refractivity contribution < 1.29 is 19.2 Å². The number of furan rings is 1. The number of phenols is 1. The minimum Gasteiger partial charge on any atom is -0.508 e. The van der Waals surface area contributed by atoms with Gasteiger partial charge in [-0.3, -0.25) is 19.8 Å². The summed E-state index contributed by atoms with van der Waals surface area (Å²) in [5.41, 5.74) is 0.463. The summed E-state index contributed by atoms with van der Waals surface area (Å²) in [5.74, 6) is 0.937. The van der Waals surface area contributed by atoms with Crippen LogP contribution in [0.1, 0.15) is 21.9 Å². The largest absolute Gasteiger partial charge is 0.508 e. The zero-order valence-electron chi connectivity index (χ0n) is 13.8. The predicted molar refractivity (Wildman–Crippen MR) is 89.4 cm³/mol. The summed E-state index contributed by atoms with van der Waals surface area (Å²) < 4.78 is 5.37. The number of phenolic OH excluding ortho intramolecular Hbond substituents is 1. The van der Waals surface area contributed by atoms with E-state index in [1.54, 1.807) is 24.0 Å². The number of nitro benzene ring substituents is 1. The molecule has 2 heterocycles. The molecule has 1 aliphatic heterocycles. The number of non-ortho nitro benzene ring substituents is 1. The minimum absolute atomic E-state index is 0.0372. The van der Waals surface area contributed by atoms with Crippen molar-refractivity contribution in [2.45, 2.75) is 13.5 Å². The second-order valence-corrected chi connectivity index (χ2v) is 6.05. The van der Waals surface area contributed by atoms with Gasteiger partial charge in [0.15, 0.2) is 5.76 Å². The van der Waals surface area contributed by atoms with E-state index in [1.807, 2.05) is 0 Å². The van der Waals surface area contributed by atoms with Crippen LogP contribution in [0.4, 0.5) is 5.69 Å². The van der Waals surface area contributed by atoms with E-state index in [9.17, 15) is 20.0 Å². The second kappa shape index (κ2) is 6.94. The zero-order chi connectivity index (χ0) is 18.0. The summed E-state index contributed by atoms with van der Waals surface area (Å²) >= 11 is 0. The van der Waals surface area contributed by atoms with Gasteiger partial charge in [0.2, 0.25) is 0 Å². The van der Waals surface area contributed by atoms with E-state index in [1.165, 1.54) is 18.2 Å². The van der Waals surface area contributed by atoms with Gasteiger partial charge >= 0.3 is 0 Å². The molecule has 0 atom stereocenters. The van der Waals surface area contributed by atoms with Crippen LogP contribution in [0.3, 0.4) is 0 Å². The van der Waals surface area contributed by atoms with Crippen LogP contribution in [0.15, 0.2) is 34.7 Å². The normalized spacial score (nSPS) is 15.3. The maximum Gasteiger partial charge on any atom is 0.289 e. The van der Waals surface area contributed by atoms with Crippen molar-refractivity contribution in [2.24, 2.45) is 0 Å². The first kappa shape index (κ1) is 17.0. The van der Waals surface area contributed by atoms with E-state index < -0.39 is 4.92 Å². The van der Waals surface area contributed by atoms with Crippen LogP contribution in [0.5, 0.6) is 5.75 Å². The van der Waals surface area contributed by atoms with Crippen LogP contribution >= 0.6 is 0 Å². The molecule has 1 aromatic carbocycles. The summed E-state index contributed by atoms with van der Waals surface area (Å²) in [6.45, 7) is 4.50. The van der Waals surface area contributed by atoms with Gasteiger partial charge in [-0.05, 0) is 25.1 Å². The molecule has 1 fully saturated rings. The predicted octanol–water partition coefficient (Wildman–Crippen LogP) is 2.16. The highest BCUT2D eigenvalue weighted by Gasteiger charge is 2.24. The molecule has 1 aliphatic rings. The SMILES string of the molecule is Cc1ccc(C(=O)N2CCN(Cc3cc([N+](=O)[O-])ccc3O)CC2)o1. The molecule has 2 aromatic rings. The molecule has 25 heavy (non-hydrogen) atoms. The van der Waals surface area contributed by atoms with Gasteiger partial charge in [0.05, 0.1) is 4.92 Å². The van der Waals surface area contributed by atoms with Crippen molar-refractivity contribution in [3.63, 3.8) is 0 Å². The summed E-state index contributed by atoms with van der Waals surface area (Å²) in [6, 6.07) is 7.44. The van der Waals surface area contributed by atoms with Crippen molar-refractivity contribution in [3.05, 3.63) is 57.5 Å². The number of nitrogens with zero attached hydrogens (tertiary/aromatic N) is 3. The lowest BCUT2D eigenvalue weighted by atomic mass is 10.1. The average molecular weight is 345 g/mol. The number of rotatable bonds is 4. The van der Waals surface area contributed by atoms with E-state index in [4.69, 9.17) is 4.42 Å². The number of carbonyl (C=O) groups is 1. The third-order valence-corrected chi connectivity index (χ3v) is 4.28. The molecule has 1 amide bonds. The Morgan fingerprint density at radius 3 is 2.56 bits per heavy atom. The smallest absolute Gasteiger partial charge is 0.289 e.